The molecule has 0 spiro atoms. The summed E-state index contributed by atoms with van der Waals surface area (Å²) in [5.74, 6) is 0.504. The monoisotopic (exact) mass is 225 g/mol. The highest BCUT2D eigenvalue weighted by atomic mass is 35.5. The Morgan fingerprint density at radius 1 is 1.40 bits per heavy atom. The second kappa shape index (κ2) is 5.41. The molecule has 15 heavy (non-hydrogen) atoms. The summed E-state index contributed by atoms with van der Waals surface area (Å²) in [5.41, 5.74) is 0.704. The molecule has 0 unspecified atom stereocenters. The van der Waals surface area contributed by atoms with Gasteiger partial charge in [0.25, 0.3) is 0 Å². The van der Waals surface area contributed by atoms with E-state index in [9.17, 15) is 4.79 Å². The molecule has 0 aliphatic heterocycles. The molecule has 80 valence electrons. The van der Waals surface area contributed by atoms with Gasteiger partial charge in [0.1, 0.15) is 5.75 Å². The van der Waals surface area contributed by atoms with Crippen molar-refractivity contribution >= 4 is 23.2 Å². The number of allylic oxidation sites excluding steroid dienone is 1. The second-order valence-corrected chi connectivity index (χ2v) is 3.55. The van der Waals surface area contributed by atoms with Crippen LogP contribution in [0.25, 0.3) is 0 Å². The zero-order valence-electron chi connectivity index (χ0n) is 8.58. The number of rotatable bonds is 3. The standard InChI is InChI=1S/C11H12ClNO2/c1-8(12)7-11(14)13-9-3-5-10(15-2)6-4-9/h3-7H,1-2H3,(H,13,14)/b8-7-. The van der Waals surface area contributed by atoms with Crippen molar-refractivity contribution in [3.8, 4) is 5.75 Å². The van der Waals surface area contributed by atoms with Gasteiger partial charge in [0, 0.05) is 16.8 Å². The van der Waals surface area contributed by atoms with Crippen LogP contribution in [0.5, 0.6) is 5.75 Å². The Labute approximate surface area is 93.7 Å². The van der Waals surface area contributed by atoms with E-state index in [4.69, 9.17) is 16.3 Å². The van der Waals surface area contributed by atoms with Crippen molar-refractivity contribution in [3.63, 3.8) is 0 Å². The first-order valence-corrected chi connectivity index (χ1v) is 4.78. The third-order valence-corrected chi connectivity index (χ3v) is 1.80. The number of methoxy groups -OCH3 is 1. The van der Waals surface area contributed by atoms with Gasteiger partial charge in [-0.15, -0.1) is 0 Å². The molecule has 1 rings (SSSR count). The van der Waals surface area contributed by atoms with E-state index in [1.807, 2.05) is 0 Å². The summed E-state index contributed by atoms with van der Waals surface area (Å²) >= 11 is 5.57. The van der Waals surface area contributed by atoms with Crippen molar-refractivity contribution in [1.29, 1.82) is 0 Å². The van der Waals surface area contributed by atoms with E-state index in [2.05, 4.69) is 5.32 Å². The van der Waals surface area contributed by atoms with Gasteiger partial charge in [-0.2, -0.15) is 0 Å². The zero-order valence-corrected chi connectivity index (χ0v) is 9.34. The Morgan fingerprint density at radius 2 is 2.00 bits per heavy atom. The summed E-state index contributed by atoms with van der Waals surface area (Å²) in [7, 11) is 1.59. The number of hydrogen-bond donors (Lipinski definition) is 1. The number of amides is 1. The maximum Gasteiger partial charge on any atom is 0.249 e. The smallest absolute Gasteiger partial charge is 0.249 e. The van der Waals surface area contributed by atoms with Gasteiger partial charge in [-0.25, -0.2) is 0 Å². The van der Waals surface area contributed by atoms with Gasteiger partial charge < -0.3 is 10.1 Å². The molecule has 0 fully saturated rings. The fourth-order valence-corrected chi connectivity index (χ4v) is 1.13. The molecule has 0 aliphatic carbocycles. The van der Waals surface area contributed by atoms with Gasteiger partial charge in [-0.1, -0.05) is 11.6 Å². The van der Waals surface area contributed by atoms with Crippen LogP contribution in [0.2, 0.25) is 0 Å². The van der Waals surface area contributed by atoms with E-state index >= 15 is 0 Å². The molecule has 0 aliphatic rings. The minimum atomic E-state index is -0.243. The number of nitrogens with one attached hydrogen (secondary N) is 1. The van der Waals surface area contributed by atoms with Crippen LogP contribution in [0.4, 0.5) is 5.69 Å². The maximum atomic E-state index is 11.3. The highest BCUT2D eigenvalue weighted by molar-refractivity contribution is 6.31. The summed E-state index contributed by atoms with van der Waals surface area (Å²) in [6, 6.07) is 7.06. The molecule has 0 saturated heterocycles. The van der Waals surface area contributed by atoms with E-state index in [1.165, 1.54) is 6.08 Å². The average molecular weight is 226 g/mol. The second-order valence-electron chi connectivity index (χ2n) is 2.95. The molecule has 1 aromatic carbocycles. The molecule has 0 aromatic heterocycles. The molecular weight excluding hydrogens is 214 g/mol. The van der Waals surface area contributed by atoms with Crippen LogP contribution >= 0.6 is 11.6 Å². The molecule has 0 saturated carbocycles. The molecular formula is C11H12ClNO2. The summed E-state index contributed by atoms with van der Waals surface area (Å²) in [4.78, 5) is 11.3. The van der Waals surface area contributed by atoms with Crippen LogP contribution in [-0.2, 0) is 4.79 Å². The van der Waals surface area contributed by atoms with Gasteiger partial charge in [0.2, 0.25) is 5.91 Å². The number of carbonyl (C=O) groups excluding carboxylic acids is 1. The number of anilines is 1. The number of carbonyl (C=O) groups is 1. The fraction of sp³-hybridized carbons (Fsp3) is 0.182. The number of benzene rings is 1. The minimum Gasteiger partial charge on any atom is -0.497 e. The molecule has 1 N–H and O–H groups in total. The molecule has 0 heterocycles. The third-order valence-electron chi connectivity index (χ3n) is 1.69. The summed E-state index contributed by atoms with van der Waals surface area (Å²) in [6.45, 7) is 1.65. The summed E-state index contributed by atoms with van der Waals surface area (Å²) in [5, 5.41) is 3.11. The quantitative estimate of drug-likeness (QED) is 0.804. The van der Waals surface area contributed by atoms with Gasteiger partial charge in [0.15, 0.2) is 0 Å². The molecule has 1 amide bonds. The highest BCUT2D eigenvalue weighted by Crippen LogP contribution is 2.15. The van der Waals surface area contributed by atoms with E-state index in [0.29, 0.717) is 10.7 Å². The topological polar surface area (TPSA) is 38.3 Å². The predicted molar refractivity (Wildman–Crippen MR) is 61.2 cm³/mol. The predicted octanol–water partition coefficient (Wildman–Crippen LogP) is 2.78. The van der Waals surface area contributed by atoms with Crippen molar-refractivity contribution in [2.24, 2.45) is 0 Å². The molecule has 3 nitrogen and oxygen atoms in total. The van der Waals surface area contributed by atoms with Crippen molar-refractivity contribution in [2.45, 2.75) is 6.92 Å². The van der Waals surface area contributed by atoms with E-state index in [-0.39, 0.29) is 5.91 Å². The average Bonchev–Trinajstić information content (AvgIpc) is 2.17. The number of halogens is 1. The van der Waals surface area contributed by atoms with Gasteiger partial charge >= 0.3 is 0 Å². The largest absolute Gasteiger partial charge is 0.497 e. The van der Waals surface area contributed by atoms with Crippen molar-refractivity contribution in [1.82, 2.24) is 0 Å². The van der Waals surface area contributed by atoms with E-state index in [1.54, 1.807) is 38.3 Å². The Morgan fingerprint density at radius 3 is 2.47 bits per heavy atom. The maximum absolute atomic E-state index is 11.3. The molecule has 4 heteroatoms. The Hall–Kier alpha value is -1.48. The lowest BCUT2D eigenvalue weighted by atomic mass is 10.3. The number of ether oxygens (including phenoxy) is 1. The minimum absolute atomic E-state index is 0.243. The van der Waals surface area contributed by atoms with E-state index < -0.39 is 0 Å². The summed E-state index contributed by atoms with van der Waals surface area (Å²) < 4.78 is 4.99. The fourth-order valence-electron chi connectivity index (χ4n) is 1.03. The van der Waals surface area contributed by atoms with Crippen LogP contribution < -0.4 is 10.1 Å². The van der Waals surface area contributed by atoms with Crippen LogP contribution in [0.3, 0.4) is 0 Å². The van der Waals surface area contributed by atoms with Gasteiger partial charge in [-0.05, 0) is 31.2 Å². The Kier molecular flexibility index (Phi) is 4.18. The lowest BCUT2D eigenvalue weighted by Crippen LogP contribution is -2.07. The zero-order chi connectivity index (χ0) is 11.3. The third kappa shape index (κ3) is 4.04. The van der Waals surface area contributed by atoms with Gasteiger partial charge in [0.05, 0.1) is 7.11 Å². The van der Waals surface area contributed by atoms with Crippen LogP contribution in [0.15, 0.2) is 35.4 Å². The van der Waals surface area contributed by atoms with Crippen LogP contribution in [0.1, 0.15) is 6.92 Å². The number of hydrogen-bond acceptors (Lipinski definition) is 2. The summed E-state index contributed by atoms with van der Waals surface area (Å²) in [6.07, 6.45) is 1.33. The first-order valence-electron chi connectivity index (χ1n) is 4.40. The van der Waals surface area contributed by atoms with Crippen LogP contribution in [0, 0.1) is 0 Å². The lowest BCUT2D eigenvalue weighted by Gasteiger charge is -2.03. The van der Waals surface area contributed by atoms with Crippen molar-refractivity contribution < 1.29 is 9.53 Å². The molecule has 0 atom stereocenters. The lowest BCUT2D eigenvalue weighted by molar-refractivity contribution is -0.111. The van der Waals surface area contributed by atoms with E-state index in [0.717, 1.165) is 5.75 Å². The first kappa shape index (κ1) is 11.6. The SMILES string of the molecule is COc1ccc(NC(=O)/C=C(/C)Cl)cc1. The Balaban J connectivity index is 2.65. The van der Waals surface area contributed by atoms with Crippen molar-refractivity contribution in [2.75, 3.05) is 12.4 Å². The molecule has 0 bridgehead atoms. The molecule has 0 radical (unpaired) electrons. The highest BCUT2D eigenvalue weighted by Gasteiger charge is 1.98. The van der Waals surface area contributed by atoms with Crippen LogP contribution in [-0.4, -0.2) is 13.0 Å². The first-order chi connectivity index (χ1) is 7.11. The Bertz CT molecular complexity index is 367. The normalized spacial score (nSPS) is 11.0. The molecule has 1 aromatic rings. The van der Waals surface area contributed by atoms with Gasteiger partial charge in [-0.3, -0.25) is 4.79 Å². The van der Waals surface area contributed by atoms with Crippen molar-refractivity contribution in [3.05, 3.63) is 35.4 Å².